The van der Waals surface area contributed by atoms with Crippen molar-refractivity contribution < 1.29 is 19.2 Å². The van der Waals surface area contributed by atoms with E-state index >= 15 is 0 Å². The van der Waals surface area contributed by atoms with Gasteiger partial charge in [0, 0.05) is 23.7 Å². The van der Waals surface area contributed by atoms with Gasteiger partial charge in [-0.25, -0.2) is 0 Å². The van der Waals surface area contributed by atoms with Crippen LogP contribution in [0.3, 0.4) is 0 Å². The number of amides is 1. The van der Waals surface area contributed by atoms with Gasteiger partial charge < -0.3 is 14.8 Å². The predicted octanol–water partition coefficient (Wildman–Crippen LogP) is 2.95. The molecular formula is C16H15ClN2O5. The van der Waals surface area contributed by atoms with Crippen molar-refractivity contribution in [1.82, 2.24) is 5.32 Å². The summed E-state index contributed by atoms with van der Waals surface area (Å²) in [5, 5.41) is 14.1. The van der Waals surface area contributed by atoms with Gasteiger partial charge in [0.25, 0.3) is 5.91 Å². The van der Waals surface area contributed by atoms with E-state index in [4.69, 9.17) is 21.1 Å². The van der Waals surface area contributed by atoms with Crippen LogP contribution in [0, 0.1) is 10.1 Å². The Morgan fingerprint density at radius 1 is 1.25 bits per heavy atom. The van der Waals surface area contributed by atoms with E-state index in [-0.39, 0.29) is 24.0 Å². The Bertz CT molecular complexity index is 734. The van der Waals surface area contributed by atoms with E-state index in [1.165, 1.54) is 25.3 Å². The maximum absolute atomic E-state index is 11.8. The second kappa shape index (κ2) is 8.16. The van der Waals surface area contributed by atoms with Gasteiger partial charge in [0.2, 0.25) is 5.75 Å². The molecule has 0 aliphatic heterocycles. The van der Waals surface area contributed by atoms with Gasteiger partial charge in [-0.15, -0.1) is 0 Å². The molecule has 2 rings (SSSR count). The smallest absolute Gasteiger partial charge is 0.311 e. The minimum atomic E-state index is -0.554. The zero-order chi connectivity index (χ0) is 17.5. The van der Waals surface area contributed by atoms with Gasteiger partial charge in [-0.05, 0) is 23.8 Å². The molecule has 0 fully saturated rings. The van der Waals surface area contributed by atoms with E-state index in [1.54, 1.807) is 12.1 Å². The number of hydrogen-bond acceptors (Lipinski definition) is 5. The first-order valence-corrected chi connectivity index (χ1v) is 7.34. The molecule has 0 saturated carbocycles. The van der Waals surface area contributed by atoms with Crippen molar-refractivity contribution in [1.29, 1.82) is 0 Å². The Morgan fingerprint density at radius 2 is 1.96 bits per heavy atom. The van der Waals surface area contributed by atoms with Crippen molar-refractivity contribution >= 4 is 23.2 Å². The predicted molar refractivity (Wildman–Crippen MR) is 88.4 cm³/mol. The number of nitro benzene ring substituents is 1. The lowest BCUT2D eigenvalue weighted by molar-refractivity contribution is -0.385. The molecule has 0 spiro atoms. The third-order valence-corrected chi connectivity index (χ3v) is 3.37. The SMILES string of the molecule is COc1cc(OCC(=O)NCc2ccc(Cl)cc2)ccc1[N+](=O)[O-]. The largest absolute Gasteiger partial charge is 0.490 e. The van der Waals surface area contributed by atoms with Crippen LogP contribution in [0.4, 0.5) is 5.69 Å². The number of carbonyl (C=O) groups excluding carboxylic acids is 1. The molecule has 8 heteroatoms. The zero-order valence-electron chi connectivity index (χ0n) is 12.8. The van der Waals surface area contributed by atoms with Gasteiger partial charge in [0.05, 0.1) is 12.0 Å². The Labute approximate surface area is 143 Å². The van der Waals surface area contributed by atoms with Crippen LogP contribution in [0.1, 0.15) is 5.56 Å². The number of methoxy groups -OCH3 is 1. The highest BCUT2D eigenvalue weighted by atomic mass is 35.5. The summed E-state index contributed by atoms with van der Waals surface area (Å²) in [4.78, 5) is 22.0. The van der Waals surface area contributed by atoms with Crippen LogP contribution in [-0.4, -0.2) is 24.5 Å². The summed E-state index contributed by atoms with van der Waals surface area (Å²) in [7, 11) is 1.32. The average Bonchev–Trinajstić information content (AvgIpc) is 2.59. The lowest BCUT2D eigenvalue weighted by Crippen LogP contribution is -2.28. The zero-order valence-corrected chi connectivity index (χ0v) is 13.6. The fourth-order valence-corrected chi connectivity index (χ4v) is 2.03. The number of rotatable bonds is 7. The van der Waals surface area contributed by atoms with Crippen molar-refractivity contribution in [2.45, 2.75) is 6.54 Å². The average molecular weight is 351 g/mol. The molecule has 1 amide bonds. The highest BCUT2D eigenvalue weighted by molar-refractivity contribution is 6.30. The second-order valence-corrected chi connectivity index (χ2v) is 5.22. The van der Waals surface area contributed by atoms with E-state index in [1.807, 2.05) is 12.1 Å². The summed E-state index contributed by atoms with van der Waals surface area (Å²) in [6.45, 7) is 0.136. The molecule has 0 aliphatic rings. The summed E-state index contributed by atoms with van der Waals surface area (Å²) in [5.74, 6) is 0.0560. The van der Waals surface area contributed by atoms with Crippen molar-refractivity contribution in [3.63, 3.8) is 0 Å². The van der Waals surface area contributed by atoms with Crippen molar-refractivity contribution in [2.24, 2.45) is 0 Å². The lowest BCUT2D eigenvalue weighted by atomic mass is 10.2. The third kappa shape index (κ3) is 4.85. The monoisotopic (exact) mass is 350 g/mol. The molecule has 2 aromatic rings. The minimum absolute atomic E-state index is 0.0686. The Balaban J connectivity index is 1.87. The van der Waals surface area contributed by atoms with Crippen LogP contribution < -0.4 is 14.8 Å². The van der Waals surface area contributed by atoms with Crippen LogP contribution in [0.15, 0.2) is 42.5 Å². The number of carbonyl (C=O) groups is 1. The Kier molecular flexibility index (Phi) is 5.97. The third-order valence-electron chi connectivity index (χ3n) is 3.12. The van der Waals surface area contributed by atoms with Crippen LogP contribution in [0.2, 0.25) is 5.02 Å². The molecule has 0 radical (unpaired) electrons. The van der Waals surface area contributed by atoms with Gasteiger partial charge in [-0.1, -0.05) is 23.7 Å². The number of nitrogens with one attached hydrogen (secondary N) is 1. The molecule has 7 nitrogen and oxygen atoms in total. The maximum atomic E-state index is 11.8. The molecule has 24 heavy (non-hydrogen) atoms. The fraction of sp³-hybridized carbons (Fsp3) is 0.188. The fourth-order valence-electron chi connectivity index (χ4n) is 1.90. The lowest BCUT2D eigenvalue weighted by Gasteiger charge is -2.09. The summed E-state index contributed by atoms with van der Waals surface area (Å²) < 4.78 is 10.3. The molecule has 0 unspecified atom stereocenters. The van der Waals surface area contributed by atoms with Gasteiger partial charge in [-0.3, -0.25) is 14.9 Å². The summed E-state index contributed by atoms with van der Waals surface area (Å²) in [5.41, 5.74) is 0.738. The van der Waals surface area contributed by atoms with Gasteiger partial charge in [-0.2, -0.15) is 0 Å². The molecule has 0 saturated heterocycles. The number of nitro groups is 1. The van der Waals surface area contributed by atoms with E-state index in [0.717, 1.165) is 5.56 Å². The molecular weight excluding hydrogens is 336 g/mol. The Hall–Kier alpha value is -2.80. The number of ether oxygens (including phenoxy) is 2. The van der Waals surface area contributed by atoms with Crippen molar-refractivity contribution in [2.75, 3.05) is 13.7 Å². The number of hydrogen-bond donors (Lipinski definition) is 1. The van der Waals surface area contributed by atoms with Crippen molar-refractivity contribution in [3.8, 4) is 11.5 Å². The summed E-state index contributed by atoms with van der Waals surface area (Å²) >= 11 is 5.79. The molecule has 1 N–H and O–H groups in total. The molecule has 0 aromatic heterocycles. The van der Waals surface area contributed by atoms with E-state index in [9.17, 15) is 14.9 Å². The van der Waals surface area contributed by atoms with E-state index in [0.29, 0.717) is 17.3 Å². The number of halogens is 1. The van der Waals surface area contributed by atoms with Gasteiger partial charge in [0.15, 0.2) is 6.61 Å². The molecule has 2 aromatic carbocycles. The second-order valence-electron chi connectivity index (χ2n) is 4.78. The molecule has 0 heterocycles. The van der Waals surface area contributed by atoms with E-state index in [2.05, 4.69) is 5.32 Å². The van der Waals surface area contributed by atoms with Crippen LogP contribution in [0.25, 0.3) is 0 Å². The number of benzene rings is 2. The normalized spacial score (nSPS) is 10.1. The number of nitrogens with zero attached hydrogens (tertiary/aromatic N) is 1. The first-order valence-electron chi connectivity index (χ1n) is 6.96. The van der Waals surface area contributed by atoms with Gasteiger partial charge in [0.1, 0.15) is 5.75 Å². The van der Waals surface area contributed by atoms with Crippen LogP contribution in [-0.2, 0) is 11.3 Å². The minimum Gasteiger partial charge on any atom is -0.490 e. The molecule has 0 aliphatic carbocycles. The summed E-state index contributed by atoms with van der Waals surface area (Å²) in [6.07, 6.45) is 0. The van der Waals surface area contributed by atoms with Gasteiger partial charge >= 0.3 is 5.69 Å². The van der Waals surface area contributed by atoms with Crippen LogP contribution >= 0.6 is 11.6 Å². The first kappa shape index (κ1) is 17.6. The molecule has 0 bridgehead atoms. The standard InChI is InChI=1S/C16H15ClN2O5/c1-23-15-8-13(6-7-14(15)19(21)22)24-10-16(20)18-9-11-2-4-12(17)5-3-11/h2-8H,9-10H2,1H3,(H,18,20). The first-order chi connectivity index (χ1) is 11.5. The highest BCUT2D eigenvalue weighted by Gasteiger charge is 2.15. The summed E-state index contributed by atoms with van der Waals surface area (Å²) in [6, 6.07) is 11.1. The Morgan fingerprint density at radius 3 is 2.58 bits per heavy atom. The van der Waals surface area contributed by atoms with Crippen LogP contribution in [0.5, 0.6) is 11.5 Å². The highest BCUT2D eigenvalue weighted by Crippen LogP contribution is 2.30. The molecule has 0 atom stereocenters. The quantitative estimate of drug-likeness (QED) is 0.612. The molecule has 126 valence electrons. The maximum Gasteiger partial charge on any atom is 0.311 e. The topological polar surface area (TPSA) is 90.7 Å². The van der Waals surface area contributed by atoms with Crippen molar-refractivity contribution in [3.05, 3.63) is 63.2 Å². The van der Waals surface area contributed by atoms with E-state index < -0.39 is 4.92 Å².